The van der Waals surface area contributed by atoms with Crippen molar-refractivity contribution in [2.45, 2.75) is 24.4 Å². The van der Waals surface area contributed by atoms with Gasteiger partial charge >= 0.3 is 0 Å². The monoisotopic (exact) mass is 425 g/mol. The fourth-order valence-electron chi connectivity index (χ4n) is 6.53. The van der Waals surface area contributed by atoms with E-state index in [9.17, 15) is 14.7 Å². The first-order valence-electron chi connectivity index (χ1n) is 10.9. The van der Waals surface area contributed by atoms with Crippen molar-refractivity contribution in [3.63, 3.8) is 0 Å². The maximum atomic E-state index is 14.0. The maximum absolute atomic E-state index is 14.0. The number of hydrogen-bond acceptors (Lipinski definition) is 4. The molecule has 5 nitrogen and oxygen atoms in total. The molecule has 1 fully saturated rings. The molecule has 7 rings (SSSR count). The van der Waals surface area contributed by atoms with Crippen LogP contribution in [-0.4, -0.2) is 30.1 Å². The largest absolute Gasteiger partial charge is 0.497 e. The highest BCUT2D eigenvalue weighted by Gasteiger charge is 2.69. The molecule has 3 atom stereocenters. The summed E-state index contributed by atoms with van der Waals surface area (Å²) in [4.78, 5) is 29.2. The first-order chi connectivity index (χ1) is 15.5. The Labute approximate surface area is 186 Å². The molecule has 2 bridgehead atoms. The second-order valence-corrected chi connectivity index (χ2v) is 8.91. The van der Waals surface area contributed by atoms with Crippen molar-refractivity contribution in [1.29, 1.82) is 0 Å². The van der Waals surface area contributed by atoms with Gasteiger partial charge in [-0.2, -0.15) is 0 Å². The van der Waals surface area contributed by atoms with E-state index in [1.807, 2.05) is 48.5 Å². The van der Waals surface area contributed by atoms with Crippen molar-refractivity contribution in [2.75, 3.05) is 12.0 Å². The second kappa shape index (κ2) is 6.53. The Morgan fingerprint density at radius 2 is 1.44 bits per heavy atom. The molecule has 32 heavy (non-hydrogen) atoms. The molecule has 0 unspecified atom stereocenters. The van der Waals surface area contributed by atoms with Crippen LogP contribution in [0.1, 0.15) is 35.1 Å². The maximum Gasteiger partial charge on any atom is 0.239 e. The number of anilines is 1. The number of carbonyl (C=O) groups excluding carboxylic acids is 2. The van der Waals surface area contributed by atoms with Crippen molar-refractivity contribution in [2.24, 2.45) is 11.8 Å². The summed E-state index contributed by atoms with van der Waals surface area (Å²) in [5.41, 5.74) is 3.54. The third kappa shape index (κ3) is 2.12. The van der Waals surface area contributed by atoms with Crippen LogP contribution in [0.4, 0.5) is 5.69 Å². The van der Waals surface area contributed by atoms with Crippen molar-refractivity contribution in [3.8, 4) is 5.75 Å². The Kier molecular flexibility index (Phi) is 3.93. The summed E-state index contributed by atoms with van der Waals surface area (Å²) in [5, 5.41) is 11.3. The average molecular weight is 425 g/mol. The summed E-state index contributed by atoms with van der Waals surface area (Å²) in [5.74, 6) is -1.22. The molecule has 0 radical (unpaired) electrons. The van der Waals surface area contributed by atoms with Crippen molar-refractivity contribution in [3.05, 3.63) is 95.1 Å². The van der Waals surface area contributed by atoms with E-state index < -0.39 is 23.4 Å². The smallest absolute Gasteiger partial charge is 0.239 e. The summed E-state index contributed by atoms with van der Waals surface area (Å²) < 4.78 is 5.23. The zero-order chi connectivity index (χ0) is 22.2. The predicted octanol–water partition coefficient (Wildman–Crippen LogP) is 3.63. The Balaban J connectivity index is 1.62. The van der Waals surface area contributed by atoms with Crippen LogP contribution in [0.15, 0.2) is 72.8 Å². The van der Waals surface area contributed by atoms with Crippen LogP contribution in [0.5, 0.6) is 5.75 Å². The molecule has 4 aliphatic rings. The molecule has 1 saturated heterocycles. The lowest BCUT2D eigenvalue weighted by Crippen LogP contribution is -2.58. The number of methoxy groups -OCH3 is 1. The van der Waals surface area contributed by atoms with Gasteiger partial charge in [0, 0.05) is 5.92 Å². The van der Waals surface area contributed by atoms with Crippen LogP contribution in [-0.2, 0) is 15.0 Å². The van der Waals surface area contributed by atoms with Gasteiger partial charge in [0.1, 0.15) is 5.75 Å². The van der Waals surface area contributed by atoms with Crippen LogP contribution >= 0.6 is 0 Å². The summed E-state index contributed by atoms with van der Waals surface area (Å²) in [6, 6.07) is 22.9. The van der Waals surface area contributed by atoms with E-state index in [1.165, 1.54) is 4.90 Å². The Bertz CT molecular complexity index is 1220. The third-order valence-electron chi connectivity index (χ3n) is 7.67. The predicted molar refractivity (Wildman–Crippen MR) is 120 cm³/mol. The Morgan fingerprint density at radius 3 is 1.97 bits per heavy atom. The van der Waals surface area contributed by atoms with Gasteiger partial charge in [0.15, 0.2) is 0 Å². The van der Waals surface area contributed by atoms with Gasteiger partial charge in [0.2, 0.25) is 11.8 Å². The Morgan fingerprint density at radius 1 is 0.875 bits per heavy atom. The van der Waals surface area contributed by atoms with Gasteiger partial charge in [-0.25, -0.2) is 4.90 Å². The number of rotatable bonds is 3. The van der Waals surface area contributed by atoms with Crippen molar-refractivity contribution >= 4 is 17.5 Å². The van der Waals surface area contributed by atoms with E-state index in [0.29, 0.717) is 11.4 Å². The quantitative estimate of drug-likeness (QED) is 0.651. The van der Waals surface area contributed by atoms with Crippen LogP contribution in [0.25, 0.3) is 0 Å². The topological polar surface area (TPSA) is 66.8 Å². The lowest BCUT2D eigenvalue weighted by atomic mass is 9.46. The molecule has 3 aromatic rings. The first kappa shape index (κ1) is 19.3. The summed E-state index contributed by atoms with van der Waals surface area (Å²) in [6.45, 7) is 1.74. The number of carbonyl (C=O) groups is 2. The van der Waals surface area contributed by atoms with Gasteiger partial charge in [0.05, 0.1) is 36.2 Å². The minimum absolute atomic E-state index is 0.204. The first-order valence-corrected chi connectivity index (χ1v) is 10.9. The SMILES string of the molecule is COc1ccc(N2C(=O)[C@@H]3C4c5ccccc5C([C@@H](C)O)(c5ccccc54)[C@H]3C2=O)cc1. The van der Waals surface area contributed by atoms with E-state index in [0.717, 1.165) is 22.3 Å². The van der Waals surface area contributed by atoms with E-state index in [1.54, 1.807) is 38.3 Å². The minimum atomic E-state index is -0.972. The number of nitrogens with zero attached hydrogens (tertiary/aromatic N) is 1. The zero-order valence-corrected chi connectivity index (χ0v) is 17.9. The highest BCUT2D eigenvalue weighted by molar-refractivity contribution is 6.23. The molecule has 0 spiro atoms. The number of amides is 2. The van der Waals surface area contributed by atoms with Crippen LogP contribution < -0.4 is 9.64 Å². The molecule has 3 aromatic carbocycles. The summed E-state index contributed by atoms with van der Waals surface area (Å²) in [7, 11) is 1.58. The standard InChI is InChI=1S/C27H23NO4/c1-15(29)27-20-9-5-3-7-18(20)22(19-8-4-6-10-21(19)27)23-24(27)26(31)28(25(23)30)16-11-13-17(32-2)14-12-16/h3-15,22-24,29H,1-2H3/t15-,22?,23-,24-,27?/m1/s1. The molecule has 160 valence electrons. The number of imide groups is 1. The molecule has 1 N–H and O–H groups in total. The van der Waals surface area contributed by atoms with Gasteiger partial charge in [-0.05, 0) is 53.4 Å². The molecule has 0 aromatic heterocycles. The normalized spacial score (nSPS) is 28.2. The van der Waals surface area contributed by atoms with Crippen LogP contribution in [0, 0.1) is 11.8 Å². The summed E-state index contributed by atoms with van der Waals surface area (Å²) >= 11 is 0. The van der Waals surface area contributed by atoms with Gasteiger partial charge in [-0.3, -0.25) is 9.59 Å². The fourth-order valence-corrected chi connectivity index (χ4v) is 6.53. The minimum Gasteiger partial charge on any atom is -0.497 e. The molecule has 3 aliphatic carbocycles. The number of ether oxygens (including phenoxy) is 1. The van der Waals surface area contributed by atoms with E-state index in [4.69, 9.17) is 4.74 Å². The number of hydrogen-bond donors (Lipinski definition) is 1. The number of aliphatic hydroxyl groups is 1. The van der Waals surface area contributed by atoms with Crippen molar-refractivity contribution < 1.29 is 19.4 Å². The van der Waals surface area contributed by atoms with E-state index in [2.05, 4.69) is 0 Å². The summed E-state index contributed by atoms with van der Waals surface area (Å²) in [6.07, 6.45) is -0.855. The lowest BCUT2D eigenvalue weighted by molar-refractivity contribution is -0.126. The second-order valence-electron chi connectivity index (χ2n) is 8.91. The number of aliphatic hydroxyl groups excluding tert-OH is 1. The van der Waals surface area contributed by atoms with Crippen LogP contribution in [0.3, 0.4) is 0 Å². The molecule has 2 amide bonds. The lowest BCUT2D eigenvalue weighted by Gasteiger charge is -2.55. The molecular formula is C27H23NO4. The van der Waals surface area contributed by atoms with Gasteiger partial charge < -0.3 is 9.84 Å². The molecule has 1 aliphatic heterocycles. The Hall–Kier alpha value is -3.44. The fraction of sp³-hybridized carbons (Fsp3) is 0.259. The molecule has 0 saturated carbocycles. The van der Waals surface area contributed by atoms with Gasteiger partial charge in [-0.15, -0.1) is 0 Å². The molecule has 5 heteroatoms. The van der Waals surface area contributed by atoms with Gasteiger partial charge in [0.25, 0.3) is 0 Å². The number of benzene rings is 3. The van der Waals surface area contributed by atoms with Crippen molar-refractivity contribution in [1.82, 2.24) is 0 Å². The zero-order valence-electron chi connectivity index (χ0n) is 17.9. The van der Waals surface area contributed by atoms with Crippen LogP contribution in [0.2, 0.25) is 0 Å². The third-order valence-corrected chi connectivity index (χ3v) is 7.67. The highest BCUT2D eigenvalue weighted by Crippen LogP contribution is 2.65. The van der Waals surface area contributed by atoms with E-state index >= 15 is 0 Å². The molecular weight excluding hydrogens is 402 g/mol. The molecule has 1 heterocycles. The van der Waals surface area contributed by atoms with E-state index in [-0.39, 0.29) is 17.7 Å². The van der Waals surface area contributed by atoms with Gasteiger partial charge in [-0.1, -0.05) is 48.5 Å². The highest BCUT2D eigenvalue weighted by atomic mass is 16.5. The average Bonchev–Trinajstić information content (AvgIpc) is 3.09.